The maximum atomic E-state index is 14.2. The second-order valence-electron chi connectivity index (χ2n) is 8.39. The molecule has 186 valence electrons. The molecule has 34 heavy (non-hydrogen) atoms. The van der Waals surface area contributed by atoms with Gasteiger partial charge in [-0.25, -0.2) is 12.8 Å². The van der Waals surface area contributed by atoms with E-state index in [4.69, 9.17) is 0 Å². The Morgan fingerprint density at radius 3 is 2.24 bits per heavy atom. The van der Waals surface area contributed by atoms with Crippen molar-refractivity contribution in [3.8, 4) is 0 Å². The van der Waals surface area contributed by atoms with E-state index in [2.05, 4.69) is 5.32 Å². The second kappa shape index (κ2) is 12.5. The number of hydrogen-bond donors (Lipinski definition) is 1. The van der Waals surface area contributed by atoms with Crippen molar-refractivity contribution in [3.05, 3.63) is 66.0 Å². The first-order valence-corrected chi connectivity index (χ1v) is 13.3. The molecule has 2 atom stereocenters. The molecule has 2 amide bonds. The van der Waals surface area contributed by atoms with Gasteiger partial charge in [-0.2, -0.15) is 0 Å². The van der Waals surface area contributed by atoms with E-state index in [-0.39, 0.29) is 49.5 Å². The Labute approximate surface area is 202 Å². The van der Waals surface area contributed by atoms with E-state index < -0.39 is 21.9 Å². The van der Waals surface area contributed by atoms with Crippen molar-refractivity contribution in [3.63, 3.8) is 0 Å². The quantitative estimate of drug-likeness (QED) is 0.491. The molecule has 0 heterocycles. The largest absolute Gasteiger partial charge is 0.352 e. The Hall–Kier alpha value is -2.94. The Balaban J connectivity index is 2.15. The van der Waals surface area contributed by atoms with Crippen LogP contribution >= 0.6 is 0 Å². The normalized spacial score (nSPS) is 13.1. The van der Waals surface area contributed by atoms with Gasteiger partial charge in [-0.05, 0) is 44.4 Å². The highest BCUT2D eigenvalue weighted by Crippen LogP contribution is 2.22. The summed E-state index contributed by atoms with van der Waals surface area (Å²) in [5.41, 5.74) is 0.822. The molecule has 0 aliphatic carbocycles. The van der Waals surface area contributed by atoms with Crippen LogP contribution in [0.2, 0.25) is 0 Å². The van der Waals surface area contributed by atoms with Gasteiger partial charge in [0.2, 0.25) is 21.8 Å². The fourth-order valence-corrected chi connectivity index (χ4v) is 4.43. The highest BCUT2D eigenvalue weighted by Gasteiger charge is 2.27. The zero-order chi connectivity index (χ0) is 25.3. The summed E-state index contributed by atoms with van der Waals surface area (Å²) in [7, 11) is -3.75. The molecular formula is C25H34FN3O4S. The molecule has 0 saturated carbocycles. The number of nitrogens with one attached hydrogen (secondary N) is 1. The minimum absolute atomic E-state index is 0.00819. The summed E-state index contributed by atoms with van der Waals surface area (Å²) in [5.74, 6) is -1.18. The SMILES string of the molecule is CC[C@@H](C)NC(=O)[C@H](C)N(Cc1ccccc1)C(=O)CCCN(c1ccccc1F)S(C)(=O)=O. The molecule has 2 aromatic rings. The number of hydrogen-bond acceptors (Lipinski definition) is 4. The number of nitrogens with zero attached hydrogens (tertiary/aromatic N) is 2. The maximum Gasteiger partial charge on any atom is 0.242 e. The average molecular weight is 492 g/mol. The van der Waals surface area contributed by atoms with Gasteiger partial charge in [-0.3, -0.25) is 13.9 Å². The molecule has 2 rings (SSSR count). The van der Waals surface area contributed by atoms with Crippen molar-refractivity contribution in [1.29, 1.82) is 0 Å². The average Bonchev–Trinajstić information content (AvgIpc) is 2.80. The predicted molar refractivity (Wildman–Crippen MR) is 132 cm³/mol. The van der Waals surface area contributed by atoms with Crippen molar-refractivity contribution in [1.82, 2.24) is 10.2 Å². The Morgan fingerprint density at radius 2 is 1.65 bits per heavy atom. The van der Waals surface area contributed by atoms with Crippen molar-refractivity contribution in [2.45, 2.75) is 58.7 Å². The number of sulfonamides is 1. The fourth-order valence-electron chi connectivity index (χ4n) is 3.46. The number of halogens is 1. The molecule has 0 aromatic heterocycles. The number of para-hydroxylation sites is 1. The van der Waals surface area contributed by atoms with Gasteiger partial charge in [0.15, 0.2) is 0 Å². The second-order valence-corrected chi connectivity index (χ2v) is 10.3. The van der Waals surface area contributed by atoms with Gasteiger partial charge in [-0.1, -0.05) is 49.4 Å². The molecule has 9 heteroatoms. The summed E-state index contributed by atoms with van der Waals surface area (Å²) in [4.78, 5) is 27.4. The molecule has 0 aliphatic rings. The molecule has 0 spiro atoms. The standard InChI is InChI=1S/C25H34FN3O4S/c1-5-19(2)27-25(31)20(3)28(18-21-12-7-6-8-13-21)24(30)16-11-17-29(34(4,32)33)23-15-10-9-14-22(23)26/h6-10,12-15,19-20H,5,11,16-18H2,1-4H3,(H,27,31)/t19-,20+/m1/s1. The number of rotatable bonds is 12. The number of benzene rings is 2. The van der Waals surface area contributed by atoms with E-state index in [1.165, 1.54) is 23.1 Å². The van der Waals surface area contributed by atoms with Gasteiger partial charge >= 0.3 is 0 Å². The van der Waals surface area contributed by atoms with Crippen LogP contribution in [0, 0.1) is 5.82 Å². The lowest BCUT2D eigenvalue weighted by molar-refractivity contribution is -0.140. The van der Waals surface area contributed by atoms with Crippen LogP contribution in [0.5, 0.6) is 0 Å². The van der Waals surface area contributed by atoms with Crippen LogP contribution in [-0.2, 0) is 26.2 Å². The number of anilines is 1. The van der Waals surface area contributed by atoms with Crippen molar-refractivity contribution < 1.29 is 22.4 Å². The van der Waals surface area contributed by atoms with E-state index in [0.29, 0.717) is 0 Å². The number of carbonyl (C=O) groups is 2. The summed E-state index contributed by atoms with van der Waals surface area (Å²) in [6, 6.07) is 14.2. The van der Waals surface area contributed by atoms with E-state index >= 15 is 0 Å². The third-order valence-corrected chi connectivity index (χ3v) is 6.82. The van der Waals surface area contributed by atoms with Crippen molar-refractivity contribution in [2.24, 2.45) is 0 Å². The smallest absolute Gasteiger partial charge is 0.242 e. The molecule has 0 bridgehead atoms. The van der Waals surface area contributed by atoms with Crippen LogP contribution in [0.3, 0.4) is 0 Å². The van der Waals surface area contributed by atoms with E-state index in [1.807, 2.05) is 44.2 Å². The molecule has 0 radical (unpaired) electrons. The van der Waals surface area contributed by atoms with Gasteiger partial charge < -0.3 is 10.2 Å². The van der Waals surface area contributed by atoms with Crippen LogP contribution in [0.4, 0.5) is 10.1 Å². The fraction of sp³-hybridized carbons (Fsp3) is 0.440. The molecule has 2 aromatic carbocycles. The number of amides is 2. The molecule has 0 saturated heterocycles. The predicted octanol–water partition coefficient (Wildman–Crippen LogP) is 3.70. The van der Waals surface area contributed by atoms with Gasteiger partial charge in [0.1, 0.15) is 11.9 Å². The molecular weight excluding hydrogens is 457 g/mol. The van der Waals surface area contributed by atoms with E-state index in [0.717, 1.165) is 22.5 Å². The lowest BCUT2D eigenvalue weighted by Gasteiger charge is -2.30. The third kappa shape index (κ3) is 7.83. The van der Waals surface area contributed by atoms with Gasteiger partial charge in [0.05, 0.1) is 11.9 Å². The molecule has 0 fully saturated rings. The van der Waals surface area contributed by atoms with Crippen LogP contribution in [0.1, 0.15) is 45.6 Å². The minimum atomic E-state index is -3.75. The summed E-state index contributed by atoms with van der Waals surface area (Å²) in [6.45, 7) is 5.73. The third-order valence-electron chi connectivity index (χ3n) is 5.64. The zero-order valence-electron chi connectivity index (χ0n) is 20.2. The summed E-state index contributed by atoms with van der Waals surface area (Å²) >= 11 is 0. The topological polar surface area (TPSA) is 86.8 Å². The zero-order valence-corrected chi connectivity index (χ0v) is 21.0. The van der Waals surface area contributed by atoms with E-state index in [9.17, 15) is 22.4 Å². The van der Waals surface area contributed by atoms with Gasteiger partial charge in [0.25, 0.3) is 0 Å². The number of carbonyl (C=O) groups excluding carboxylic acids is 2. The Kier molecular flexibility index (Phi) is 10.0. The first-order chi connectivity index (χ1) is 16.0. The summed E-state index contributed by atoms with van der Waals surface area (Å²) in [5, 5.41) is 2.91. The minimum Gasteiger partial charge on any atom is -0.352 e. The lowest BCUT2D eigenvalue weighted by atomic mass is 10.1. The molecule has 1 N–H and O–H groups in total. The van der Waals surface area contributed by atoms with Crippen molar-refractivity contribution in [2.75, 3.05) is 17.1 Å². The molecule has 0 aliphatic heterocycles. The molecule has 0 unspecified atom stereocenters. The molecule has 7 nitrogen and oxygen atoms in total. The lowest BCUT2D eigenvalue weighted by Crippen LogP contribution is -2.49. The van der Waals surface area contributed by atoms with Crippen molar-refractivity contribution >= 4 is 27.5 Å². The highest BCUT2D eigenvalue weighted by molar-refractivity contribution is 7.92. The van der Waals surface area contributed by atoms with E-state index in [1.54, 1.807) is 13.0 Å². The monoisotopic (exact) mass is 491 g/mol. The van der Waals surface area contributed by atoms with Crippen LogP contribution in [0.15, 0.2) is 54.6 Å². The van der Waals surface area contributed by atoms with Crippen LogP contribution in [0.25, 0.3) is 0 Å². The summed E-state index contributed by atoms with van der Waals surface area (Å²) < 4.78 is 39.7. The Morgan fingerprint density at radius 1 is 1.03 bits per heavy atom. The Bertz CT molecular complexity index is 1060. The highest BCUT2D eigenvalue weighted by atomic mass is 32.2. The van der Waals surface area contributed by atoms with Crippen LogP contribution in [-0.4, -0.2) is 50.0 Å². The maximum absolute atomic E-state index is 14.2. The first kappa shape index (κ1) is 27.3. The van der Waals surface area contributed by atoms with Gasteiger partial charge in [-0.15, -0.1) is 0 Å². The first-order valence-electron chi connectivity index (χ1n) is 11.4. The van der Waals surface area contributed by atoms with Gasteiger partial charge in [0, 0.05) is 25.6 Å². The van der Waals surface area contributed by atoms with Crippen LogP contribution < -0.4 is 9.62 Å². The summed E-state index contributed by atoms with van der Waals surface area (Å²) in [6.07, 6.45) is 1.95.